The Morgan fingerprint density at radius 1 is 1.16 bits per heavy atom. The lowest BCUT2D eigenvalue weighted by molar-refractivity contribution is -0.137. The van der Waals surface area contributed by atoms with Crippen molar-refractivity contribution in [2.24, 2.45) is 5.92 Å². The van der Waals surface area contributed by atoms with E-state index < -0.39 is 11.7 Å². The van der Waals surface area contributed by atoms with Crippen LogP contribution in [0.2, 0.25) is 0 Å². The minimum Gasteiger partial charge on any atom is -0.491 e. The van der Waals surface area contributed by atoms with Gasteiger partial charge >= 0.3 is 6.18 Å². The summed E-state index contributed by atoms with van der Waals surface area (Å²) in [7, 11) is 0. The van der Waals surface area contributed by atoms with Crippen molar-refractivity contribution >= 4 is 0 Å². The lowest BCUT2D eigenvalue weighted by atomic mass is 10.1. The number of aromatic nitrogens is 3. The third-order valence-corrected chi connectivity index (χ3v) is 3.21. The van der Waals surface area contributed by atoms with Gasteiger partial charge in [-0.15, -0.1) is 0 Å². The Labute approximate surface area is 145 Å². The number of hydrogen-bond donors (Lipinski definition) is 0. The van der Waals surface area contributed by atoms with Crippen LogP contribution in [0, 0.1) is 5.92 Å². The Hall–Kier alpha value is -2.31. The normalized spacial score (nSPS) is 12.5. The second-order valence-electron chi connectivity index (χ2n) is 6.37. The summed E-state index contributed by atoms with van der Waals surface area (Å²) in [6.45, 7) is 8.14. The van der Waals surface area contributed by atoms with E-state index in [9.17, 15) is 13.2 Å². The van der Waals surface area contributed by atoms with Crippen LogP contribution in [0.25, 0.3) is 11.4 Å². The van der Waals surface area contributed by atoms with Crippen LogP contribution < -0.4 is 4.74 Å². The topological polar surface area (TPSA) is 39.9 Å². The molecule has 0 aliphatic carbocycles. The van der Waals surface area contributed by atoms with Crippen molar-refractivity contribution in [2.45, 2.75) is 46.5 Å². The van der Waals surface area contributed by atoms with Crippen molar-refractivity contribution in [3.63, 3.8) is 0 Å². The molecule has 2 rings (SSSR count). The maximum Gasteiger partial charge on any atom is 0.416 e. The predicted octanol–water partition coefficient (Wildman–Crippen LogP) is 4.96. The second kappa shape index (κ2) is 7.72. The summed E-state index contributed by atoms with van der Waals surface area (Å²) in [5.41, 5.74) is -0.506. The summed E-state index contributed by atoms with van der Waals surface area (Å²) in [6.07, 6.45) is 0.780. The third kappa shape index (κ3) is 5.62. The van der Waals surface area contributed by atoms with E-state index in [4.69, 9.17) is 4.74 Å². The third-order valence-electron chi connectivity index (χ3n) is 3.21. The molecule has 7 heteroatoms. The van der Waals surface area contributed by atoms with Crippen LogP contribution in [-0.2, 0) is 12.7 Å². The van der Waals surface area contributed by atoms with Crippen LogP contribution in [0.5, 0.6) is 5.75 Å². The Morgan fingerprint density at radius 3 is 2.48 bits per heavy atom. The molecule has 1 heterocycles. The molecule has 0 spiro atoms. The van der Waals surface area contributed by atoms with Crippen molar-refractivity contribution in [1.82, 2.24) is 14.8 Å². The molecule has 0 fully saturated rings. The van der Waals surface area contributed by atoms with Crippen molar-refractivity contribution in [3.05, 3.63) is 42.2 Å². The number of benzene rings is 1. The van der Waals surface area contributed by atoms with Gasteiger partial charge in [-0.1, -0.05) is 26.0 Å². The van der Waals surface area contributed by atoms with Gasteiger partial charge in [0.15, 0.2) is 5.82 Å². The summed E-state index contributed by atoms with van der Waals surface area (Å²) >= 11 is 0. The molecule has 2 aromatic rings. The zero-order chi connectivity index (χ0) is 18.6. The molecule has 0 saturated carbocycles. The highest BCUT2D eigenvalue weighted by molar-refractivity contribution is 5.59. The average molecular weight is 353 g/mol. The van der Waals surface area contributed by atoms with Gasteiger partial charge in [0.05, 0.1) is 18.2 Å². The minimum absolute atomic E-state index is 0.149. The first-order valence-electron chi connectivity index (χ1n) is 8.10. The fraction of sp³-hybridized carbons (Fsp3) is 0.444. The highest BCUT2D eigenvalue weighted by Gasteiger charge is 2.32. The molecule has 0 N–H and O–H groups in total. The SMILES string of the molecule is CC(C)/C=C\Cn1cnc(-c2cc(OC(C)C)cc(C(F)(F)F)c2)n1. The number of alkyl halides is 3. The summed E-state index contributed by atoms with van der Waals surface area (Å²) in [5, 5.41) is 4.25. The Balaban J connectivity index is 2.33. The molecule has 0 saturated heterocycles. The molecule has 4 nitrogen and oxygen atoms in total. The first-order valence-corrected chi connectivity index (χ1v) is 8.10. The molecule has 1 aromatic heterocycles. The van der Waals surface area contributed by atoms with Crippen LogP contribution in [0.1, 0.15) is 33.3 Å². The lowest BCUT2D eigenvalue weighted by Gasteiger charge is -2.14. The van der Waals surface area contributed by atoms with E-state index in [-0.39, 0.29) is 23.2 Å². The molecule has 1 aromatic carbocycles. The number of allylic oxidation sites excluding steroid dienone is 2. The summed E-state index contributed by atoms with van der Waals surface area (Å²) in [5.74, 6) is 0.802. The van der Waals surface area contributed by atoms with Gasteiger partial charge in [0.25, 0.3) is 0 Å². The van der Waals surface area contributed by atoms with E-state index in [1.54, 1.807) is 18.5 Å². The van der Waals surface area contributed by atoms with Crippen molar-refractivity contribution < 1.29 is 17.9 Å². The number of ether oxygens (including phenoxy) is 1. The van der Waals surface area contributed by atoms with E-state index in [1.165, 1.54) is 12.4 Å². The van der Waals surface area contributed by atoms with Crippen LogP contribution in [-0.4, -0.2) is 20.9 Å². The minimum atomic E-state index is -4.46. The monoisotopic (exact) mass is 353 g/mol. The first kappa shape index (κ1) is 19.0. The number of hydrogen-bond acceptors (Lipinski definition) is 3. The maximum atomic E-state index is 13.1. The number of nitrogens with zero attached hydrogens (tertiary/aromatic N) is 3. The van der Waals surface area contributed by atoms with Crippen LogP contribution in [0.3, 0.4) is 0 Å². The first-order chi connectivity index (χ1) is 11.6. The average Bonchev–Trinajstić information content (AvgIpc) is 2.94. The summed E-state index contributed by atoms with van der Waals surface area (Å²) in [4.78, 5) is 4.12. The summed E-state index contributed by atoms with van der Waals surface area (Å²) < 4.78 is 46.4. The molecule has 0 amide bonds. The van der Waals surface area contributed by atoms with Gasteiger partial charge in [-0.05, 0) is 38.0 Å². The van der Waals surface area contributed by atoms with Gasteiger partial charge in [0.1, 0.15) is 12.1 Å². The smallest absolute Gasteiger partial charge is 0.416 e. The van der Waals surface area contributed by atoms with Crippen LogP contribution >= 0.6 is 0 Å². The molecule has 136 valence electrons. The molecule has 0 radical (unpaired) electrons. The van der Waals surface area contributed by atoms with Crippen molar-refractivity contribution in [3.8, 4) is 17.1 Å². The van der Waals surface area contributed by atoms with Crippen molar-refractivity contribution in [2.75, 3.05) is 0 Å². The predicted molar refractivity (Wildman–Crippen MR) is 90.2 cm³/mol. The van der Waals surface area contributed by atoms with E-state index in [0.717, 1.165) is 12.1 Å². The van der Waals surface area contributed by atoms with Crippen LogP contribution in [0.4, 0.5) is 13.2 Å². The van der Waals surface area contributed by atoms with E-state index in [1.807, 2.05) is 12.2 Å². The Morgan fingerprint density at radius 2 is 1.88 bits per heavy atom. The van der Waals surface area contributed by atoms with Gasteiger partial charge in [0, 0.05) is 5.56 Å². The van der Waals surface area contributed by atoms with Crippen LogP contribution in [0.15, 0.2) is 36.7 Å². The van der Waals surface area contributed by atoms with Gasteiger partial charge in [-0.25, -0.2) is 9.67 Å². The number of rotatable bonds is 6. The highest BCUT2D eigenvalue weighted by Crippen LogP contribution is 2.35. The molecule has 25 heavy (non-hydrogen) atoms. The Bertz CT molecular complexity index is 733. The fourth-order valence-corrected chi connectivity index (χ4v) is 2.19. The maximum absolute atomic E-state index is 13.1. The quantitative estimate of drug-likeness (QED) is 0.689. The van der Waals surface area contributed by atoms with Gasteiger partial charge in [0.2, 0.25) is 0 Å². The zero-order valence-corrected chi connectivity index (χ0v) is 14.7. The molecule has 0 bridgehead atoms. The zero-order valence-electron chi connectivity index (χ0n) is 14.7. The largest absolute Gasteiger partial charge is 0.491 e. The van der Waals surface area contributed by atoms with Crippen molar-refractivity contribution in [1.29, 1.82) is 0 Å². The number of halogens is 3. The Kier molecular flexibility index (Phi) is 5.87. The molecule has 0 aliphatic heterocycles. The standard InChI is InChI=1S/C18H22F3N3O/c1-12(2)6-5-7-24-11-22-17(23-24)14-8-15(18(19,20)21)10-16(9-14)25-13(3)4/h5-6,8-13H,7H2,1-4H3/b6-5-. The van der Waals surface area contributed by atoms with E-state index in [0.29, 0.717) is 12.5 Å². The molecule has 0 aliphatic rings. The molecule has 0 unspecified atom stereocenters. The van der Waals surface area contributed by atoms with Gasteiger partial charge in [-0.2, -0.15) is 18.3 Å². The second-order valence-corrected chi connectivity index (χ2v) is 6.37. The van der Waals surface area contributed by atoms with Gasteiger partial charge < -0.3 is 4.74 Å². The highest BCUT2D eigenvalue weighted by atomic mass is 19.4. The molecular formula is C18H22F3N3O. The molecular weight excluding hydrogens is 331 g/mol. The molecule has 0 atom stereocenters. The van der Waals surface area contributed by atoms with E-state index >= 15 is 0 Å². The van der Waals surface area contributed by atoms with E-state index in [2.05, 4.69) is 23.9 Å². The van der Waals surface area contributed by atoms with Gasteiger partial charge in [-0.3, -0.25) is 0 Å². The summed E-state index contributed by atoms with van der Waals surface area (Å²) in [6, 6.07) is 3.56. The lowest BCUT2D eigenvalue weighted by Crippen LogP contribution is -2.09. The fourth-order valence-electron chi connectivity index (χ4n) is 2.19.